The van der Waals surface area contributed by atoms with Gasteiger partial charge >= 0.3 is 5.51 Å². The maximum atomic E-state index is 13.0. The van der Waals surface area contributed by atoms with Crippen LogP contribution in [-0.2, 0) is 6.54 Å². The molecule has 21 heavy (non-hydrogen) atoms. The van der Waals surface area contributed by atoms with Gasteiger partial charge in [-0.1, -0.05) is 17.7 Å². The Kier molecular flexibility index (Phi) is 5.00. The highest BCUT2D eigenvalue weighted by Crippen LogP contribution is 2.37. The first-order valence-electron chi connectivity index (χ1n) is 5.87. The molecular formula is C14H10ClF4NS. The van der Waals surface area contributed by atoms with Gasteiger partial charge in [-0.05, 0) is 53.7 Å². The lowest BCUT2D eigenvalue weighted by Crippen LogP contribution is -2.01. The minimum absolute atomic E-state index is 0.0335. The first-order chi connectivity index (χ1) is 9.83. The van der Waals surface area contributed by atoms with Crippen molar-refractivity contribution >= 4 is 29.1 Å². The van der Waals surface area contributed by atoms with E-state index < -0.39 is 11.3 Å². The molecule has 2 rings (SSSR count). The van der Waals surface area contributed by atoms with Gasteiger partial charge in [0.15, 0.2) is 0 Å². The summed E-state index contributed by atoms with van der Waals surface area (Å²) in [5.74, 6) is -0.492. The Morgan fingerprint density at radius 2 is 1.71 bits per heavy atom. The molecule has 0 heterocycles. The molecule has 0 aromatic heterocycles. The fourth-order valence-electron chi connectivity index (χ4n) is 1.63. The third kappa shape index (κ3) is 5.13. The molecule has 0 saturated carbocycles. The molecule has 0 aliphatic heterocycles. The zero-order valence-electron chi connectivity index (χ0n) is 10.5. The van der Waals surface area contributed by atoms with E-state index in [1.807, 2.05) is 0 Å². The van der Waals surface area contributed by atoms with Gasteiger partial charge in [-0.3, -0.25) is 0 Å². The van der Waals surface area contributed by atoms with Gasteiger partial charge in [-0.2, -0.15) is 13.2 Å². The van der Waals surface area contributed by atoms with Crippen molar-refractivity contribution in [2.75, 3.05) is 5.32 Å². The zero-order chi connectivity index (χ0) is 15.5. The minimum atomic E-state index is -4.29. The summed E-state index contributed by atoms with van der Waals surface area (Å²) < 4.78 is 49.6. The fraction of sp³-hybridized carbons (Fsp3) is 0.143. The number of hydrogen-bond donors (Lipinski definition) is 1. The van der Waals surface area contributed by atoms with Gasteiger partial charge in [-0.15, -0.1) is 0 Å². The van der Waals surface area contributed by atoms with Crippen molar-refractivity contribution in [3.05, 3.63) is 58.9 Å². The Morgan fingerprint density at radius 3 is 2.29 bits per heavy atom. The van der Waals surface area contributed by atoms with Gasteiger partial charge < -0.3 is 5.32 Å². The first-order valence-corrected chi connectivity index (χ1v) is 7.06. The number of benzene rings is 2. The molecular weight excluding hydrogens is 326 g/mol. The summed E-state index contributed by atoms with van der Waals surface area (Å²) in [6.45, 7) is 0.395. The summed E-state index contributed by atoms with van der Waals surface area (Å²) in [5.41, 5.74) is -2.85. The van der Waals surface area contributed by atoms with Gasteiger partial charge in [0.2, 0.25) is 0 Å². The van der Waals surface area contributed by atoms with Crippen LogP contribution < -0.4 is 5.32 Å². The molecule has 2 aromatic carbocycles. The van der Waals surface area contributed by atoms with Crippen LogP contribution in [0.25, 0.3) is 0 Å². The van der Waals surface area contributed by atoms with Crippen molar-refractivity contribution in [1.29, 1.82) is 0 Å². The van der Waals surface area contributed by atoms with Crippen molar-refractivity contribution in [3.63, 3.8) is 0 Å². The maximum absolute atomic E-state index is 13.0. The van der Waals surface area contributed by atoms with Gasteiger partial charge in [0.1, 0.15) is 5.82 Å². The Hall–Kier alpha value is -1.40. The van der Waals surface area contributed by atoms with Gasteiger partial charge in [0, 0.05) is 17.1 Å². The molecule has 1 nitrogen and oxygen atoms in total. The third-order valence-corrected chi connectivity index (χ3v) is 3.60. The normalized spacial score (nSPS) is 11.5. The molecule has 0 atom stereocenters. The Bertz CT molecular complexity index is 613. The predicted octanol–water partition coefficient (Wildman–Crippen LogP) is 5.70. The fourth-order valence-corrected chi connectivity index (χ4v) is 2.37. The lowest BCUT2D eigenvalue weighted by atomic mass is 10.2. The molecule has 2 aromatic rings. The van der Waals surface area contributed by atoms with Crippen LogP contribution in [0.4, 0.5) is 23.2 Å². The maximum Gasteiger partial charge on any atom is 0.446 e. The van der Waals surface area contributed by atoms with Gasteiger partial charge in [-0.25, -0.2) is 4.39 Å². The molecule has 0 bridgehead atoms. The molecule has 112 valence electrons. The molecule has 0 fully saturated rings. The van der Waals surface area contributed by atoms with Gasteiger partial charge in [0.05, 0.1) is 5.02 Å². The Balaban J connectivity index is 1.96. The Morgan fingerprint density at radius 1 is 1.05 bits per heavy atom. The second-order valence-electron chi connectivity index (χ2n) is 4.17. The highest BCUT2D eigenvalue weighted by Gasteiger charge is 2.28. The standard InChI is InChI=1S/C14H10ClF4NS/c15-12-7-9(1-6-13(12)16)8-20-10-2-4-11(5-3-10)21-14(17,18)19/h1-7,20H,8H2. The number of anilines is 1. The van der Waals surface area contributed by atoms with E-state index >= 15 is 0 Å². The molecule has 0 spiro atoms. The quantitative estimate of drug-likeness (QED) is 0.568. The van der Waals surface area contributed by atoms with E-state index in [4.69, 9.17) is 11.6 Å². The van der Waals surface area contributed by atoms with Crippen LogP contribution in [0.5, 0.6) is 0 Å². The number of nitrogens with one attached hydrogen (secondary N) is 1. The molecule has 0 unspecified atom stereocenters. The number of halogens is 5. The van der Waals surface area contributed by atoms with Crippen molar-refractivity contribution in [1.82, 2.24) is 0 Å². The molecule has 7 heteroatoms. The summed E-state index contributed by atoms with van der Waals surface area (Å²) in [7, 11) is 0. The average molecular weight is 336 g/mol. The highest BCUT2D eigenvalue weighted by atomic mass is 35.5. The van der Waals surface area contributed by atoms with E-state index in [0.29, 0.717) is 12.2 Å². The molecule has 0 aliphatic rings. The average Bonchev–Trinajstić information content (AvgIpc) is 2.40. The number of hydrogen-bond acceptors (Lipinski definition) is 2. The van der Waals surface area contributed by atoms with Crippen LogP contribution >= 0.6 is 23.4 Å². The predicted molar refractivity (Wildman–Crippen MR) is 77.1 cm³/mol. The van der Waals surface area contributed by atoms with E-state index in [1.54, 1.807) is 18.2 Å². The van der Waals surface area contributed by atoms with E-state index in [9.17, 15) is 17.6 Å². The van der Waals surface area contributed by atoms with Crippen LogP contribution in [0.15, 0.2) is 47.4 Å². The van der Waals surface area contributed by atoms with Crippen molar-refractivity contribution < 1.29 is 17.6 Å². The monoisotopic (exact) mass is 335 g/mol. The van der Waals surface area contributed by atoms with Crippen LogP contribution in [0.3, 0.4) is 0 Å². The summed E-state index contributed by atoms with van der Waals surface area (Å²) in [6.07, 6.45) is 0. The molecule has 0 amide bonds. The smallest absolute Gasteiger partial charge is 0.381 e. The zero-order valence-corrected chi connectivity index (χ0v) is 12.1. The lowest BCUT2D eigenvalue weighted by molar-refractivity contribution is -0.0328. The van der Waals surface area contributed by atoms with E-state index in [2.05, 4.69) is 5.32 Å². The van der Waals surface area contributed by atoms with Crippen LogP contribution in [0.2, 0.25) is 5.02 Å². The molecule has 1 N–H and O–H groups in total. The molecule has 0 aliphatic carbocycles. The molecule has 0 radical (unpaired) electrons. The molecule has 0 saturated heterocycles. The first kappa shape index (κ1) is 16.0. The second-order valence-corrected chi connectivity index (χ2v) is 5.72. The summed E-state index contributed by atoms with van der Waals surface area (Å²) >= 11 is 5.51. The van der Waals surface area contributed by atoms with Gasteiger partial charge in [0.25, 0.3) is 0 Å². The number of thioether (sulfide) groups is 1. The van der Waals surface area contributed by atoms with Crippen LogP contribution in [0, 0.1) is 5.82 Å². The van der Waals surface area contributed by atoms with E-state index in [0.717, 1.165) is 5.56 Å². The Labute approximate surface area is 128 Å². The number of alkyl halides is 3. The van der Waals surface area contributed by atoms with Crippen LogP contribution in [0.1, 0.15) is 5.56 Å². The van der Waals surface area contributed by atoms with E-state index in [-0.39, 0.29) is 21.7 Å². The SMILES string of the molecule is Fc1ccc(CNc2ccc(SC(F)(F)F)cc2)cc1Cl. The largest absolute Gasteiger partial charge is 0.446 e. The second kappa shape index (κ2) is 6.58. The lowest BCUT2D eigenvalue weighted by Gasteiger charge is -2.09. The van der Waals surface area contributed by atoms with Crippen molar-refractivity contribution in [2.24, 2.45) is 0 Å². The van der Waals surface area contributed by atoms with Crippen molar-refractivity contribution in [2.45, 2.75) is 16.9 Å². The summed E-state index contributed by atoms with van der Waals surface area (Å²) in [4.78, 5) is 0.123. The number of rotatable bonds is 4. The third-order valence-electron chi connectivity index (χ3n) is 2.57. The van der Waals surface area contributed by atoms with Crippen LogP contribution in [-0.4, -0.2) is 5.51 Å². The topological polar surface area (TPSA) is 12.0 Å². The highest BCUT2D eigenvalue weighted by molar-refractivity contribution is 8.00. The summed E-state index contributed by atoms with van der Waals surface area (Å²) in [5, 5.41) is 3.06. The van der Waals surface area contributed by atoms with E-state index in [1.165, 1.54) is 24.3 Å². The van der Waals surface area contributed by atoms with Crippen molar-refractivity contribution in [3.8, 4) is 0 Å². The summed E-state index contributed by atoms with van der Waals surface area (Å²) in [6, 6.07) is 10.2. The minimum Gasteiger partial charge on any atom is -0.381 e.